The first kappa shape index (κ1) is 24.4. The van der Waals surface area contributed by atoms with Gasteiger partial charge in [0.1, 0.15) is 5.75 Å². The lowest BCUT2D eigenvalue weighted by Crippen LogP contribution is -2.24. The van der Waals surface area contributed by atoms with Crippen molar-refractivity contribution in [1.29, 1.82) is 0 Å². The molecule has 2 aromatic rings. The average molecular weight is 426 g/mol. The quantitative estimate of drug-likeness (QED) is 0.535. The molecule has 2 aromatic carbocycles. The topological polar surface area (TPSA) is 64.6 Å². The number of esters is 1. The molecule has 1 amide bonds. The Balaban J connectivity index is 1.90. The smallest absolute Gasteiger partial charge is 0.338 e. The van der Waals surface area contributed by atoms with Gasteiger partial charge in [-0.05, 0) is 59.6 Å². The van der Waals surface area contributed by atoms with Gasteiger partial charge in [-0.25, -0.2) is 4.79 Å². The van der Waals surface area contributed by atoms with Crippen LogP contribution >= 0.6 is 0 Å². The molecule has 1 N–H and O–H groups in total. The first-order valence-electron chi connectivity index (χ1n) is 10.6. The fourth-order valence-electron chi connectivity index (χ4n) is 4.01. The summed E-state index contributed by atoms with van der Waals surface area (Å²) < 4.78 is 10.5. The van der Waals surface area contributed by atoms with Crippen LogP contribution < -0.4 is 10.1 Å². The molecule has 0 spiro atoms. The van der Waals surface area contributed by atoms with Gasteiger partial charge in [-0.2, -0.15) is 0 Å². The van der Waals surface area contributed by atoms with Crippen molar-refractivity contribution in [3.63, 3.8) is 0 Å². The third-order valence-corrected chi connectivity index (χ3v) is 5.22. The van der Waals surface area contributed by atoms with Gasteiger partial charge in [-0.15, -0.1) is 0 Å². The summed E-state index contributed by atoms with van der Waals surface area (Å²) in [6.07, 6.45) is 1.29. The molecule has 0 saturated heterocycles. The van der Waals surface area contributed by atoms with Crippen LogP contribution in [-0.2, 0) is 14.9 Å². The van der Waals surface area contributed by atoms with Gasteiger partial charge in [-0.1, -0.05) is 52.8 Å². The second kappa shape index (κ2) is 9.99. The van der Waals surface area contributed by atoms with Gasteiger partial charge in [-0.3, -0.25) is 4.79 Å². The maximum atomic E-state index is 12.3. The van der Waals surface area contributed by atoms with E-state index in [1.54, 1.807) is 25.1 Å². The van der Waals surface area contributed by atoms with E-state index in [0.717, 1.165) is 12.2 Å². The molecule has 0 unspecified atom stereocenters. The Bertz CT molecular complexity index is 908. The molecule has 0 aromatic heterocycles. The van der Waals surface area contributed by atoms with Crippen LogP contribution in [-0.4, -0.2) is 25.6 Å². The van der Waals surface area contributed by atoms with Crippen LogP contribution in [0.5, 0.6) is 5.75 Å². The molecule has 2 rings (SSSR count). The largest absolute Gasteiger partial charge is 0.493 e. The van der Waals surface area contributed by atoms with E-state index in [0.29, 0.717) is 16.8 Å². The fraction of sp³-hybridized carbons (Fsp3) is 0.462. The van der Waals surface area contributed by atoms with Crippen molar-refractivity contribution < 1.29 is 19.1 Å². The zero-order valence-corrected chi connectivity index (χ0v) is 19.8. The van der Waals surface area contributed by atoms with Crippen LogP contribution in [0.25, 0.3) is 0 Å². The van der Waals surface area contributed by atoms with E-state index in [1.165, 1.54) is 12.7 Å². The molecule has 0 heterocycles. The molecule has 5 nitrogen and oxygen atoms in total. The molecule has 0 aliphatic carbocycles. The number of methoxy groups -OCH3 is 1. The van der Waals surface area contributed by atoms with E-state index in [4.69, 9.17) is 9.47 Å². The Morgan fingerprint density at radius 1 is 0.968 bits per heavy atom. The van der Waals surface area contributed by atoms with Gasteiger partial charge in [0.05, 0.1) is 25.7 Å². The van der Waals surface area contributed by atoms with Gasteiger partial charge in [0.25, 0.3) is 0 Å². The maximum Gasteiger partial charge on any atom is 0.338 e. The molecule has 0 fully saturated rings. The Morgan fingerprint density at radius 3 is 2.19 bits per heavy atom. The van der Waals surface area contributed by atoms with Gasteiger partial charge in [0.15, 0.2) is 0 Å². The van der Waals surface area contributed by atoms with Gasteiger partial charge in [0, 0.05) is 5.69 Å². The summed E-state index contributed by atoms with van der Waals surface area (Å²) >= 11 is 0. The monoisotopic (exact) mass is 425 g/mol. The summed E-state index contributed by atoms with van der Waals surface area (Å²) in [4.78, 5) is 24.1. The highest BCUT2D eigenvalue weighted by Gasteiger charge is 2.27. The molecule has 0 atom stereocenters. The summed E-state index contributed by atoms with van der Waals surface area (Å²) in [5, 5.41) is 2.84. The normalized spacial score (nSPS) is 11.7. The molecular formula is C26H35NO4. The van der Waals surface area contributed by atoms with Crippen LogP contribution in [0.1, 0.15) is 68.9 Å². The number of benzene rings is 2. The van der Waals surface area contributed by atoms with Crippen LogP contribution in [0.4, 0.5) is 5.69 Å². The minimum absolute atomic E-state index is 0.0766. The summed E-state index contributed by atoms with van der Waals surface area (Å²) in [6.45, 7) is 13.3. The number of hydrogen-bond acceptors (Lipinski definition) is 4. The predicted octanol–water partition coefficient (Wildman–Crippen LogP) is 5.90. The van der Waals surface area contributed by atoms with E-state index in [1.807, 2.05) is 12.1 Å². The second-order valence-electron chi connectivity index (χ2n) is 9.76. The molecule has 5 heteroatoms. The number of hydrogen-bond donors (Lipinski definition) is 1. The van der Waals surface area contributed by atoms with E-state index < -0.39 is 5.97 Å². The van der Waals surface area contributed by atoms with Gasteiger partial charge in [0.2, 0.25) is 5.91 Å². The molecule has 0 aliphatic rings. The Kier molecular flexibility index (Phi) is 7.88. The Morgan fingerprint density at radius 2 is 1.61 bits per heavy atom. The highest BCUT2D eigenvalue weighted by atomic mass is 16.5. The number of amides is 1. The Labute approximate surface area is 186 Å². The SMILES string of the molecule is COC(=O)c1cccc(NC(=O)CCOc2ccc(C(C)(C)CC(C)(C)C)cc2)c1C. The van der Waals surface area contributed by atoms with Crippen molar-refractivity contribution in [2.24, 2.45) is 5.41 Å². The molecular weight excluding hydrogens is 390 g/mol. The molecule has 0 saturated carbocycles. The average Bonchev–Trinajstić information content (AvgIpc) is 2.67. The lowest BCUT2D eigenvalue weighted by molar-refractivity contribution is -0.116. The lowest BCUT2D eigenvalue weighted by Gasteiger charge is -2.33. The van der Waals surface area contributed by atoms with Crippen molar-refractivity contribution in [2.45, 2.75) is 59.8 Å². The second-order valence-corrected chi connectivity index (χ2v) is 9.76. The van der Waals surface area contributed by atoms with Gasteiger partial charge >= 0.3 is 5.97 Å². The molecule has 0 aliphatic heterocycles. The number of rotatable bonds is 8. The fourth-order valence-corrected chi connectivity index (χ4v) is 4.01. The lowest BCUT2D eigenvalue weighted by atomic mass is 9.72. The summed E-state index contributed by atoms with van der Waals surface area (Å²) in [5.74, 6) is 0.145. The first-order chi connectivity index (χ1) is 14.4. The molecule has 0 radical (unpaired) electrons. The molecule has 0 bridgehead atoms. The minimum Gasteiger partial charge on any atom is -0.493 e. The van der Waals surface area contributed by atoms with Crippen molar-refractivity contribution in [1.82, 2.24) is 0 Å². The molecule has 31 heavy (non-hydrogen) atoms. The zero-order chi connectivity index (χ0) is 23.2. The standard InChI is InChI=1S/C26H35NO4/c1-18-21(24(29)30-7)9-8-10-22(18)27-23(28)15-16-31-20-13-11-19(12-14-20)26(5,6)17-25(2,3)4/h8-14H,15-17H2,1-7H3,(H,27,28). The van der Waals surface area contributed by atoms with Crippen LogP contribution in [0, 0.1) is 12.3 Å². The van der Waals surface area contributed by atoms with Crippen molar-refractivity contribution >= 4 is 17.6 Å². The highest BCUT2D eigenvalue weighted by Crippen LogP contribution is 2.36. The van der Waals surface area contributed by atoms with Crippen LogP contribution in [0.15, 0.2) is 42.5 Å². The summed E-state index contributed by atoms with van der Waals surface area (Å²) in [5.41, 5.74) is 3.31. The third kappa shape index (κ3) is 7.12. The highest BCUT2D eigenvalue weighted by molar-refractivity contribution is 5.96. The van der Waals surface area contributed by atoms with Crippen LogP contribution in [0.2, 0.25) is 0 Å². The number of ether oxygens (including phenoxy) is 2. The van der Waals surface area contributed by atoms with E-state index in [-0.39, 0.29) is 29.8 Å². The minimum atomic E-state index is -0.425. The van der Waals surface area contributed by atoms with Crippen LogP contribution in [0.3, 0.4) is 0 Å². The summed E-state index contributed by atoms with van der Waals surface area (Å²) in [7, 11) is 1.34. The molecule has 168 valence electrons. The first-order valence-corrected chi connectivity index (χ1v) is 10.6. The summed E-state index contributed by atoms with van der Waals surface area (Å²) in [6, 6.07) is 13.3. The Hall–Kier alpha value is -2.82. The van der Waals surface area contributed by atoms with E-state index in [2.05, 4.69) is 52.1 Å². The van der Waals surface area contributed by atoms with Gasteiger partial charge < -0.3 is 14.8 Å². The number of anilines is 1. The van der Waals surface area contributed by atoms with E-state index >= 15 is 0 Å². The number of carbonyl (C=O) groups is 2. The van der Waals surface area contributed by atoms with Crippen molar-refractivity contribution in [3.8, 4) is 5.75 Å². The third-order valence-electron chi connectivity index (χ3n) is 5.22. The maximum absolute atomic E-state index is 12.3. The zero-order valence-electron chi connectivity index (χ0n) is 19.8. The van der Waals surface area contributed by atoms with E-state index in [9.17, 15) is 9.59 Å². The van der Waals surface area contributed by atoms with Crippen molar-refractivity contribution in [3.05, 3.63) is 59.2 Å². The van der Waals surface area contributed by atoms with Crippen molar-refractivity contribution in [2.75, 3.05) is 19.0 Å². The number of nitrogens with one attached hydrogen (secondary N) is 1. The predicted molar refractivity (Wildman–Crippen MR) is 125 cm³/mol. The number of carbonyl (C=O) groups excluding carboxylic acids is 2.